The van der Waals surface area contributed by atoms with E-state index in [0.29, 0.717) is 24.2 Å². The van der Waals surface area contributed by atoms with Crippen molar-refractivity contribution in [3.8, 4) is 0 Å². The van der Waals surface area contributed by atoms with E-state index in [-0.39, 0.29) is 18.9 Å². The van der Waals surface area contributed by atoms with Crippen molar-refractivity contribution in [2.24, 2.45) is 0 Å². The molecule has 0 aliphatic heterocycles. The molecule has 0 amide bonds. The van der Waals surface area contributed by atoms with Crippen molar-refractivity contribution < 1.29 is 31.8 Å². The third-order valence-corrected chi connectivity index (χ3v) is 4.20. The minimum atomic E-state index is -4.42. The van der Waals surface area contributed by atoms with Crippen LogP contribution in [0, 0.1) is 0 Å². The summed E-state index contributed by atoms with van der Waals surface area (Å²) in [6, 6.07) is 0. The molecule has 0 atom stereocenters. The minimum absolute atomic E-state index is 0. The molecule has 2 rings (SSSR count). The van der Waals surface area contributed by atoms with Gasteiger partial charge in [0.25, 0.3) is 0 Å². The number of nitrogens with zero attached hydrogens (tertiary/aromatic N) is 1. The predicted molar refractivity (Wildman–Crippen MR) is 64.6 cm³/mol. The van der Waals surface area contributed by atoms with Gasteiger partial charge in [0.15, 0.2) is 10.3 Å². The van der Waals surface area contributed by atoms with Gasteiger partial charge >= 0.3 is 18.9 Å². The summed E-state index contributed by atoms with van der Waals surface area (Å²) in [5.74, 6) is 0. The van der Waals surface area contributed by atoms with Gasteiger partial charge in [-0.25, -0.2) is 8.42 Å². The molecule has 0 spiro atoms. The van der Waals surface area contributed by atoms with Gasteiger partial charge in [0.2, 0.25) is 0 Å². The zero-order valence-electron chi connectivity index (χ0n) is 10.9. The van der Waals surface area contributed by atoms with Crippen LogP contribution in [-0.4, -0.2) is 17.3 Å². The van der Waals surface area contributed by atoms with Crippen molar-refractivity contribution in [2.75, 3.05) is 0 Å². The molecule has 0 fully saturated rings. The second kappa shape index (κ2) is 6.81. The standard InChI is InChI=1S/C12H19NO3S.Li/c14-17(15,16)13(11-7-3-1-4-8-11)12-9-5-2-6-10-12;/h7,9H,1-6,8,10H2,(H,14,15,16);/q;+1/p-1. The van der Waals surface area contributed by atoms with E-state index in [0.717, 1.165) is 42.8 Å². The van der Waals surface area contributed by atoms with Gasteiger partial charge < -0.3 is 4.55 Å². The van der Waals surface area contributed by atoms with E-state index in [1.807, 2.05) is 12.2 Å². The van der Waals surface area contributed by atoms with Gasteiger partial charge in [-0.05, 0) is 51.4 Å². The summed E-state index contributed by atoms with van der Waals surface area (Å²) in [5, 5.41) is 0. The van der Waals surface area contributed by atoms with Crippen molar-refractivity contribution in [1.29, 1.82) is 0 Å². The second-order valence-electron chi connectivity index (χ2n) is 4.60. The predicted octanol–water partition coefficient (Wildman–Crippen LogP) is -0.332. The number of rotatable bonds is 3. The Hall–Kier alpha value is -0.213. The van der Waals surface area contributed by atoms with E-state index in [4.69, 9.17) is 0 Å². The largest absolute Gasteiger partial charge is 1.00 e. The molecular weight excluding hydrogens is 245 g/mol. The Bertz CT molecular complexity index is 416. The first-order valence-corrected chi connectivity index (χ1v) is 7.60. The summed E-state index contributed by atoms with van der Waals surface area (Å²) in [6.07, 6.45) is 11.0. The Morgan fingerprint density at radius 3 is 1.67 bits per heavy atom. The molecule has 0 aromatic carbocycles. The van der Waals surface area contributed by atoms with E-state index < -0.39 is 10.3 Å². The van der Waals surface area contributed by atoms with E-state index in [1.165, 1.54) is 0 Å². The fourth-order valence-electron chi connectivity index (χ4n) is 2.48. The van der Waals surface area contributed by atoms with E-state index >= 15 is 0 Å². The van der Waals surface area contributed by atoms with Crippen LogP contribution in [0.15, 0.2) is 23.5 Å². The zero-order valence-corrected chi connectivity index (χ0v) is 11.7. The van der Waals surface area contributed by atoms with Gasteiger partial charge in [-0.2, -0.15) is 0 Å². The van der Waals surface area contributed by atoms with Crippen molar-refractivity contribution in [2.45, 2.75) is 51.4 Å². The van der Waals surface area contributed by atoms with Gasteiger partial charge in [0.1, 0.15) is 0 Å². The maximum Gasteiger partial charge on any atom is 1.00 e. The first kappa shape index (κ1) is 15.8. The van der Waals surface area contributed by atoms with Gasteiger partial charge in [0, 0.05) is 11.4 Å². The monoisotopic (exact) mass is 263 g/mol. The first-order chi connectivity index (χ1) is 8.09. The van der Waals surface area contributed by atoms with Crippen LogP contribution in [0.1, 0.15) is 51.4 Å². The van der Waals surface area contributed by atoms with Crippen molar-refractivity contribution in [3.05, 3.63) is 23.5 Å². The fourth-order valence-corrected chi connectivity index (χ4v) is 3.39. The summed E-state index contributed by atoms with van der Waals surface area (Å²) in [6.45, 7) is 0. The average Bonchev–Trinajstić information content (AvgIpc) is 2.30. The molecule has 4 nitrogen and oxygen atoms in total. The fraction of sp³-hybridized carbons (Fsp3) is 0.667. The van der Waals surface area contributed by atoms with Crippen molar-refractivity contribution in [3.63, 3.8) is 0 Å². The van der Waals surface area contributed by atoms with E-state index in [9.17, 15) is 13.0 Å². The topological polar surface area (TPSA) is 60.4 Å². The number of hydrogen-bond donors (Lipinski definition) is 0. The molecule has 96 valence electrons. The summed E-state index contributed by atoms with van der Waals surface area (Å²) in [5.41, 5.74) is 1.36. The summed E-state index contributed by atoms with van der Waals surface area (Å²) in [4.78, 5) is 0. The van der Waals surface area contributed by atoms with Gasteiger partial charge in [-0.3, -0.25) is 4.31 Å². The van der Waals surface area contributed by atoms with E-state index in [2.05, 4.69) is 0 Å². The Morgan fingerprint density at radius 1 is 0.944 bits per heavy atom. The molecule has 0 saturated carbocycles. The molecular formula is C12H18LiNO3S. The zero-order chi connectivity index (χ0) is 12.3. The van der Waals surface area contributed by atoms with Crippen LogP contribution in [0.25, 0.3) is 0 Å². The number of allylic oxidation sites excluding steroid dienone is 4. The number of hydrogen-bond acceptors (Lipinski definition) is 3. The summed E-state index contributed by atoms with van der Waals surface area (Å²) < 4.78 is 35.3. The van der Waals surface area contributed by atoms with Crippen LogP contribution >= 0.6 is 0 Å². The third kappa shape index (κ3) is 3.89. The molecule has 2 aliphatic carbocycles. The minimum Gasteiger partial charge on any atom is -0.731 e. The SMILES string of the molecule is O=S(=O)([O-])N(C1=CCCCC1)C1=CCCCC1.[Li+]. The van der Waals surface area contributed by atoms with Gasteiger partial charge in [-0.1, -0.05) is 12.2 Å². The Labute approximate surface area is 121 Å². The Morgan fingerprint density at radius 2 is 1.39 bits per heavy atom. The average molecular weight is 263 g/mol. The van der Waals surface area contributed by atoms with Gasteiger partial charge in [-0.15, -0.1) is 0 Å². The molecule has 6 heteroatoms. The molecule has 0 unspecified atom stereocenters. The normalized spacial score (nSPS) is 20.5. The first-order valence-electron chi connectivity index (χ1n) is 6.23. The molecule has 0 aromatic heterocycles. The smallest absolute Gasteiger partial charge is 0.731 e. The second-order valence-corrected chi connectivity index (χ2v) is 5.83. The molecule has 0 radical (unpaired) electrons. The van der Waals surface area contributed by atoms with Crippen molar-refractivity contribution in [1.82, 2.24) is 4.31 Å². The maximum atomic E-state index is 11.4. The maximum absolute atomic E-state index is 11.4. The third-order valence-electron chi connectivity index (χ3n) is 3.28. The molecule has 0 N–H and O–H groups in total. The Kier molecular flexibility index (Phi) is 5.99. The molecule has 0 saturated heterocycles. The van der Waals surface area contributed by atoms with E-state index in [1.54, 1.807) is 0 Å². The van der Waals surface area contributed by atoms with Crippen LogP contribution in [0.3, 0.4) is 0 Å². The quantitative estimate of drug-likeness (QED) is 0.517. The molecule has 0 bridgehead atoms. The van der Waals surface area contributed by atoms with Crippen molar-refractivity contribution >= 4 is 10.3 Å². The van der Waals surface area contributed by atoms with Gasteiger partial charge in [0.05, 0.1) is 0 Å². The Balaban J connectivity index is 0.00000162. The summed E-state index contributed by atoms with van der Waals surface area (Å²) >= 11 is 0. The molecule has 2 aliphatic rings. The van der Waals surface area contributed by atoms with Crippen LogP contribution in [0.5, 0.6) is 0 Å². The van der Waals surface area contributed by atoms with Crippen LogP contribution in [-0.2, 0) is 10.3 Å². The molecule has 0 heterocycles. The summed E-state index contributed by atoms with van der Waals surface area (Å²) in [7, 11) is -4.42. The van der Waals surface area contributed by atoms with Crippen LogP contribution in [0.4, 0.5) is 0 Å². The molecule has 18 heavy (non-hydrogen) atoms. The van der Waals surface area contributed by atoms with Crippen LogP contribution in [0.2, 0.25) is 0 Å². The van der Waals surface area contributed by atoms with Crippen LogP contribution < -0.4 is 18.9 Å². The molecule has 0 aromatic rings.